The van der Waals surface area contributed by atoms with Gasteiger partial charge in [-0.1, -0.05) is 0 Å². The highest BCUT2D eigenvalue weighted by atomic mass is 16.6. The number of hydrogen-bond acceptors (Lipinski definition) is 4. The van der Waals surface area contributed by atoms with Gasteiger partial charge in [0.15, 0.2) is 0 Å². The highest BCUT2D eigenvalue weighted by Gasteiger charge is 2.19. The lowest BCUT2D eigenvalue weighted by atomic mass is 9.99. The summed E-state index contributed by atoms with van der Waals surface area (Å²) < 4.78 is 5.10. The molecule has 0 aliphatic carbocycles. The summed E-state index contributed by atoms with van der Waals surface area (Å²) in [5.74, 6) is -0.127. The van der Waals surface area contributed by atoms with Crippen LogP contribution in [0, 0.1) is 5.92 Å². The van der Waals surface area contributed by atoms with Crippen molar-refractivity contribution in [3.8, 4) is 0 Å². The number of rotatable bonds is 2. The minimum absolute atomic E-state index is 0.0257. The molecule has 1 amide bonds. The zero-order valence-corrected chi connectivity index (χ0v) is 10.4. The Balaban J connectivity index is 2.72. The van der Waals surface area contributed by atoms with Crippen LogP contribution in [0.4, 0.5) is 4.79 Å². The fourth-order valence-electron chi connectivity index (χ4n) is 1.34. The molecule has 1 rings (SSSR count). The van der Waals surface area contributed by atoms with Gasteiger partial charge in [-0.3, -0.25) is 4.99 Å². The molecule has 0 aromatic rings. The Morgan fingerprint density at radius 3 is 2.88 bits per heavy atom. The molecule has 0 bridgehead atoms. The van der Waals surface area contributed by atoms with E-state index in [0.717, 1.165) is 0 Å². The van der Waals surface area contributed by atoms with Gasteiger partial charge in [-0.25, -0.2) is 4.79 Å². The van der Waals surface area contributed by atoms with Gasteiger partial charge in [0.1, 0.15) is 5.60 Å². The second-order valence-corrected chi connectivity index (χ2v) is 4.75. The molecular formula is C12H18N2O3. The van der Waals surface area contributed by atoms with Crippen LogP contribution in [-0.4, -0.2) is 35.3 Å². The van der Waals surface area contributed by atoms with Gasteiger partial charge in [0, 0.05) is 24.9 Å². The van der Waals surface area contributed by atoms with E-state index in [9.17, 15) is 4.79 Å². The van der Waals surface area contributed by atoms with Gasteiger partial charge in [-0.2, -0.15) is 4.99 Å². The van der Waals surface area contributed by atoms with Gasteiger partial charge in [0.05, 0.1) is 5.71 Å². The molecule has 1 aliphatic heterocycles. The zero-order valence-electron chi connectivity index (χ0n) is 10.4. The van der Waals surface area contributed by atoms with Crippen LogP contribution in [0.25, 0.3) is 0 Å². The summed E-state index contributed by atoms with van der Waals surface area (Å²) in [5.41, 5.74) is 0.0170. The SMILES string of the molecule is CC(C)(C)OC(=O)/N=C1\C=CN=CC1CCO. The van der Waals surface area contributed by atoms with E-state index in [1.54, 1.807) is 39.3 Å². The molecule has 0 spiro atoms. The van der Waals surface area contributed by atoms with Gasteiger partial charge >= 0.3 is 6.09 Å². The number of aliphatic hydroxyl groups is 1. The van der Waals surface area contributed by atoms with Gasteiger partial charge in [0.25, 0.3) is 0 Å². The second-order valence-electron chi connectivity index (χ2n) is 4.75. The molecule has 0 aromatic heterocycles. The van der Waals surface area contributed by atoms with Crippen LogP contribution in [0.1, 0.15) is 27.2 Å². The molecule has 1 unspecified atom stereocenters. The molecule has 0 fully saturated rings. The van der Waals surface area contributed by atoms with Crippen LogP contribution in [0.2, 0.25) is 0 Å². The van der Waals surface area contributed by atoms with Crippen LogP contribution in [0.5, 0.6) is 0 Å². The lowest BCUT2D eigenvalue weighted by Gasteiger charge is -2.18. The van der Waals surface area contributed by atoms with Crippen molar-refractivity contribution in [2.45, 2.75) is 32.8 Å². The van der Waals surface area contributed by atoms with Crippen molar-refractivity contribution in [3.05, 3.63) is 12.3 Å². The van der Waals surface area contributed by atoms with E-state index in [0.29, 0.717) is 12.1 Å². The van der Waals surface area contributed by atoms with Crippen LogP contribution < -0.4 is 0 Å². The largest absolute Gasteiger partial charge is 0.442 e. The Morgan fingerprint density at radius 2 is 2.29 bits per heavy atom. The van der Waals surface area contributed by atoms with E-state index in [2.05, 4.69) is 9.98 Å². The molecule has 1 heterocycles. The third kappa shape index (κ3) is 4.91. The van der Waals surface area contributed by atoms with Crippen molar-refractivity contribution in [2.24, 2.45) is 15.9 Å². The first-order valence-corrected chi connectivity index (χ1v) is 5.54. The maximum atomic E-state index is 11.5. The summed E-state index contributed by atoms with van der Waals surface area (Å²) in [7, 11) is 0. The number of hydrogen-bond donors (Lipinski definition) is 1. The molecule has 0 aromatic carbocycles. The average Bonchev–Trinajstić information content (AvgIpc) is 2.18. The zero-order chi connectivity index (χ0) is 12.9. The number of allylic oxidation sites excluding steroid dienone is 1. The van der Waals surface area contributed by atoms with E-state index in [1.807, 2.05) is 0 Å². The normalized spacial score (nSPS) is 21.9. The Labute approximate surface area is 101 Å². The smallest absolute Gasteiger partial charge is 0.434 e. The van der Waals surface area contributed by atoms with E-state index in [-0.39, 0.29) is 12.5 Å². The highest BCUT2D eigenvalue weighted by Crippen LogP contribution is 2.12. The summed E-state index contributed by atoms with van der Waals surface area (Å²) in [6.45, 7) is 5.38. The number of carbonyl (C=O) groups excluding carboxylic acids is 1. The van der Waals surface area contributed by atoms with Gasteiger partial charge in [0.2, 0.25) is 0 Å². The molecule has 94 valence electrons. The van der Waals surface area contributed by atoms with Crippen molar-refractivity contribution < 1.29 is 14.6 Å². The Bertz CT molecular complexity index is 364. The van der Waals surface area contributed by atoms with Gasteiger partial charge < -0.3 is 9.84 Å². The third-order valence-corrected chi connectivity index (χ3v) is 2.03. The lowest BCUT2D eigenvalue weighted by molar-refractivity contribution is 0.0603. The molecule has 1 aliphatic rings. The van der Waals surface area contributed by atoms with Crippen molar-refractivity contribution in [2.75, 3.05) is 6.61 Å². The molecule has 5 heteroatoms. The predicted octanol–water partition coefficient (Wildman–Crippen LogP) is 1.96. The van der Waals surface area contributed by atoms with Crippen molar-refractivity contribution >= 4 is 18.0 Å². The minimum atomic E-state index is -0.615. The summed E-state index contributed by atoms with van der Waals surface area (Å²) in [6, 6.07) is 0. The summed E-state index contributed by atoms with van der Waals surface area (Å²) in [4.78, 5) is 19.4. The summed E-state index contributed by atoms with van der Waals surface area (Å²) in [5, 5.41) is 8.90. The lowest BCUT2D eigenvalue weighted by Crippen LogP contribution is -2.24. The number of amides is 1. The monoisotopic (exact) mass is 238 g/mol. The highest BCUT2D eigenvalue weighted by molar-refractivity contribution is 6.10. The topological polar surface area (TPSA) is 71.2 Å². The number of aliphatic hydroxyl groups excluding tert-OH is 1. The molecule has 1 atom stereocenters. The Kier molecular flexibility index (Phi) is 4.57. The predicted molar refractivity (Wildman–Crippen MR) is 66.5 cm³/mol. The van der Waals surface area contributed by atoms with Gasteiger partial charge in [-0.15, -0.1) is 0 Å². The third-order valence-electron chi connectivity index (χ3n) is 2.03. The van der Waals surface area contributed by atoms with Crippen LogP contribution >= 0.6 is 0 Å². The maximum absolute atomic E-state index is 11.5. The second kappa shape index (κ2) is 5.72. The number of ether oxygens (including phenoxy) is 1. The van der Waals surface area contributed by atoms with Crippen LogP contribution in [0.15, 0.2) is 22.3 Å². The molecule has 0 radical (unpaired) electrons. The number of aliphatic imine (C=N–C) groups is 2. The standard InChI is InChI=1S/C12H18N2O3/c1-12(2,3)17-11(16)14-10-4-6-13-8-9(10)5-7-15/h4,6,8-9,15H,5,7H2,1-3H3/b14-10+. The molecule has 0 saturated heterocycles. The fourth-order valence-corrected chi connectivity index (χ4v) is 1.34. The number of nitrogens with zero attached hydrogens (tertiary/aromatic N) is 2. The van der Waals surface area contributed by atoms with Crippen LogP contribution in [-0.2, 0) is 4.74 Å². The first-order chi connectivity index (χ1) is 7.92. The van der Waals surface area contributed by atoms with E-state index >= 15 is 0 Å². The first-order valence-electron chi connectivity index (χ1n) is 5.54. The summed E-state index contributed by atoms with van der Waals surface area (Å²) >= 11 is 0. The van der Waals surface area contributed by atoms with Crippen molar-refractivity contribution in [1.29, 1.82) is 0 Å². The Morgan fingerprint density at radius 1 is 1.59 bits per heavy atom. The van der Waals surface area contributed by atoms with E-state index < -0.39 is 11.7 Å². The quantitative estimate of drug-likeness (QED) is 0.799. The molecule has 0 saturated carbocycles. The summed E-state index contributed by atoms with van der Waals surface area (Å²) in [6.07, 6.45) is 4.77. The molecule has 5 nitrogen and oxygen atoms in total. The average molecular weight is 238 g/mol. The maximum Gasteiger partial charge on any atom is 0.434 e. The number of carbonyl (C=O) groups is 1. The first kappa shape index (κ1) is 13.6. The van der Waals surface area contributed by atoms with E-state index in [1.165, 1.54) is 0 Å². The molecule has 1 N–H and O–H groups in total. The molecule has 17 heavy (non-hydrogen) atoms. The van der Waals surface area contributed by atoms with Crippen molar-refractivity contribution in [1.82, 2.24) is 0 Å². The fraction of sp³-hybridized carbons (Fsp3) is 0.583. The Hall–Kier alpha value is -1.49. The van der Waals surface area contributed by atoms with Crippen molar-refractivity contribution in [3.63, 3.8) is 0 Å². The van der Waals surface area contributed by atoms with Gasteiger partial charge in [-0.05, 0) is 33.3 Å². The molecular weight excluding hydrogens is 220 g/mol. The van der Waals surface area contributed by atoms with E-state index in [4.69, 9.17) is 9.84 Å². The minimum Gasteiger partial charge on any atom is -0.442 e. The van der Waals surface area contributed by atoms with Crippen LogP contribution in [0.3, 0.4) is 0 Å².